The van der Waals surface area contributed by atoms with Gasteiger partial charge in [-0.15, -0.1) is 0 Å². The standard InChI is InChI=1S/C34H40FN5O11S/c1-33(2,3)51-31(45)36-25-18-49-27(41)10-5-4-8-20-14-34(20,30(44)38-52(47,48)22-11-12-22)37-28(42)26-13-21(16-40(26)29(25)43)50-32(46)39-15-19-7-6-9-24(35)23(19)17-39/h4-10,20-22,25-26H,11-18H2,1-3H3,(H,36,45)(H,37,42)(H,38,44)/t20-,21-,25+,26+,34-/m1/s1. The van der Waals surface area contributed by atoms with Gasteiger partial charge in [-0.25, -0.2) is 27.2 Å². The molecule has 18 heteroatoms. The molecule has 52 heavy (non-hydrogen) atoms. The van der Waals surface area contributed by atoms with Crippen LogP contribution in [0.5, 0.6) is 0 Å². The minimum Gasteiger partial charge on any atom is -0.460 e. The highest BCUT2D eigenvalue weighted by atomic mass is 32.2. The maximum atomic E-state index is 14.4. The SMILES string of the molecule is CC(C)(C)OC(=O)N[C@H]1COC(=O)C=CC=C[C@@H]2C[C@@]2(C(=O)NS(=O)(=O)C2CC2)NC(=O)[C@@H]2C[C@@H](OC(=O)N3Cc4cccc(F)c4C3)CN2C1=O. The van der Waals surface area contributed by atoms with E-state index in [-0.39, 0.29) is 32.5 Å². The molecule has 3 heterocycles. The van der Waals surface area contributed by atoms with Crippen molar-refractivity contribution < 1.29 is 55.8 Å². The molecule has 5 atom stereocenters. The van der Waals surface area contributed by atoms with Crippen LogP contribution in [0.3, 0.4) is 0 Å². The van der Waals surface area contributed by atoms with Crippen molar-refractivity contribution in [2.75, 3.05) is 13.2 Å². The summed E-state index contributed by atoms with van der Waals surface area (Å²) in [5, 5.41) is 4.33. The second kappa shape index (κ2) is 13.9. The van der Waals surface area contributed by atoms with Crippen molar-refractivity contribution in [3.05, 3.63) is 59.4 Å². The second-order valence-electron chi connectivity index (χ2n) is 14.5. The lowest BCUT2D eigenvalue weighted by atomic mass is 10.1. The predicted octanol–water partition coefficient (Wildman–Crippen LogP) is 1.29. The zero-order chi connectivity index (χ0) is 37.6. The summed E-state index contributed by atoms with van der Waals surface area (Å²) in [5.74, 6) is -4.74. The number of fused-ring (bicyclic) bond motifs is 3. The van der Waals surface area contributed by atoms with Crippen LogP contribution in [0, 0.1) is 11.7 Å². The third-order valence-corrected chi connectivity index (χ3v) is 11.2. The fourth-order valence-corrected chi connectivity index (χ4v) is 7.80. The van der Waals surface area contributed by atoms with Crippen molar-refractivity contribution in [3.63, 3.8) is 0 Å². The van der Waals surface area contributed by atoms with Gasteiger partial charge in [0.25, 0.3) is 5.91 Å². The first kappa shape index (κ1) is 36.8. The highest BCUT2D eigenvalue weighted by Crippen LogP contribution is 2.46. The Kier molecular flexibility index (Phi) is 9.80. The first-order chi connectivity index (χ1) is 24.5. The lowest BCUT2D eigenvalue weighted by Crippen LogP contribution is -2.59. The van der Waals surface area contributed by atoms with Gasteiger partial charge in [-0.3, -0.25) is 24.0 Å². The van der Waals surface area contributed by atoms with Crippen molar-refractivity contribution in [3.8, 4) is 0 Å². The number of amides is 5. The molecule has 6 rings (SSSR count). The van der Waals surface area contributed by atoms with Gasteiger partial charge in [-0.05, 0) is 51.7 Å². The van der Waals surface area contributed by atoms with Crippen LogP contribution in [0.4, 0.5) is 14.0 Å². The van der Waals surface area contributed by atoms with Crippen LogP contribution in [0.1, 0.15) is 57.6 Å². The van der Waals surface area contributed by atoms with Crippen LogP contribution in [0.25, 0.3) is 0 Å². The zero-order valence-electron chi connectivity index (χ0n) is 28.8. The van der Waals surface area contributed by atoms with Gasteiger partial charge in [0.1, 0.15) is 41.8 Å². The van der Waals surface area contributed by atoms with Crippen molar-refractivity contribution in [1.29, 1.82) is 0 Å². The lowest BCUT2D eigenvalue weighted by molar-refractivity contribution is -0.145. The van der Waals surface area contributed by atoms with E-state index in [0.717, 1.165) is 11.0 Å². The number of hydrogen-bond acceptors (Lipinski definition) is 11. The van der Waals surface area contributed by atoms with E-state index in [1.54, 1.807) is 26.8 Å². The molecule has 0 aromatic heterocycles. The summed E-state index contributed by atoms with van der Waals surface area (Å²) in [6.07, 6.45) is 2.93. The summed E-state index contributed by atoms with van der Waals surface area (Å²) in [7, 11) is -4.00. The van der Waals surface area contributed by atoms with Gasteiger partial charge in [-0.2, -0.15) is 0 Å². The number of alkyl carbamates (subject to hydrolysis) is 1. The number of hydrogen-bond donors (Lipinski definition) is 3. The molecule has 0 radical (unpaired) electrons. The largest absolute Gasteiger partial charge is 0.460 e. The first-order valence-corrected chi connectivity index (χ1v) is 18.4. The molecule has 16 nitrogen and oxygen atoms in total. The van der Waals surface area contributed by atoms with Gasteiger partial charge in [0.15, 0.2) is 0 Å². The van der Waals surface area contributed by atoms with E-state index in [2.05, 4.69) is 15.4 Å². The molecule has 3 N–H and O–H groups in total. The van der Waals surface area contributed by atoms with E-state index in [1.165, 1.54) is 35.3 Å². The third kappa shape index (κ3) is 8.05. The number of nitrogens with zero attached hydrogens (tertiary/aromatic N) is 2. The molecule has 5 aliphatic rings. The summed E-state index contributed by atoms with van der Waals surface area (Å²) in [6.45, 7) is 3.81. The van der Waals surface area contributed by atoms with Crippen LogP contribution in [0.15, 0.2) is 42.5 Å². The Morgan fingerprint density at radius 2 is 1.85 bits per heavy atom. The quantitative estimate of drug-likeness (QED) is 0.289. The summed E-state index contributed by atoms with van der Waals surface area (Å²) in [6, 6.07) is 1.53. The number of sulfonamides is 1. The molecule has 3 aliphatic heterocycles. The molecule has 0 unspecified atom stereocenters. The summed E-state index contributed by atoms with van der Waals surface area (Å²) < 4.78 is 58.2. The summed E-state index contributed by atoms with van der Waals surface area (Å²) >= 11 is 0. The number of nitrogens with one attached hydrogen (secondary N) is 3. The molecule has 1 aromatic carbocycles. The molecule has 1 saturated heterocycles. The Bertz CT molecular complexity index is 1860. The van der Waals surface area contributed by atoms with E-state index in [9.17, 15) is 41.6 Å². The van der Waals surface area contributed by atoms with E-state index in [4.69, 9.17) is 14.2 Å². The number of carbonyl (C=O) groups excluding carboxylic acids is 6. The molecule has 3 fully saturated rings. The Balaban J connectivity index is 1.27. The van der Waals surface area contributed by atoms with Crippen LogP contribution >= 0.6 is 0 Å². The molecule has 2 aliphatic carbocycles. The first-order valence-electron chi connectivity index (χ1n) is 16.9. The van der Waals surface area contributed by atoms with E-state index in [1.807, 2.05) is 0 Å². The molecule has 280 valence electrons. The van der Waals surface area contributed by atoms with E-state index in [0.29, 0.717) is 24.0 Å². The number of carbonyl (C=O) groups is 6. The van der Waals surface area contributed by atoms with Gasteiger partial charge in [0.2, 0.25) is 21.8 Å². The van der Waals surface area contributed by atoms with Crippen molar-refractivity contribution >= 4 is 45.9 Å². The number of allylic oxidation sites excluding steroid dienone is 2. The zero-order valence-corrected chi connectivity index (χ0v) is 29.6. The maximum Gasteiger partial charge on any atom is 0.410 e. The van der Waals surface area contributed by atoms with E-state index >= 15 is 0 Å². The topological polar surface area (TPSA) is 207 Å². The highest BCUT2D eigenvalue weighted by Gasteiger charge is 2.62. The van der Waals surface area contributed by atoms with Crippen molar-refractivity contribution in [2.45, 2.75) is 94.1 Å². The summed E-state index contributed by atoms with van der Waals surface area (Å²) in [4.78, 5) is 82.8. The van der Waals surface area contributed by atoms with Crippen LogP contribution in [0.2, 0.25) is 0 Å². The van der Waals surface area contributed by atoms with Crippen molar-refractivity contribution in [2.24, 2.45) is 5.92 Å². The molecule has 1 aromatic rings. The minimum absolute atomic E-state index is 0.00747. The number of rotatable bonds is 5. The normalized spacial score (nSPS) is 27.6. The fourth-order valence-electron chi connectivity index (χ4n) is 6.44. The molecule has 5 amide bonds. The maximum absolute atomic E-state index is 14.4. The van der Waals surface area contributed by atoms with Crippen molar-refractivity contribution in [1.82, 2.24) is 25.2 Å². The fraction of sp³-hybridized carbons (Fsp3) is 0.529. The Hall–Kier alpha value is -5.00. The predicted molar refractivity (Wildman–Crippen MR) is 177 cm³/mol. The average molecular weight is 746 g/mol. The average Bonchev–Trinajstić information content (AvgIpc) is 3.94. The van der Waals surface area contributed by atoms with Crippen LogP contribution in [-0.2, 0) is 56.5 Å². The Morgan fingerprint density at radius 1 is 1.10 bits per heavy atom. The minimum atomic E-state index is -4.00. The number of ether oxygens (including phenoxy) is 3. The second-order valence-corrected chi connectivity index (χ2v) is 16.5. The van der Waals surface area contributed by atoms with Gasteiger partial charge in [0.05, 0.1) is 18.3 Å². The lowest BCUT2D eigenvalue weighted by Gasteiger charge is -2.30. The molecule has 0 bridgehead atoms. The van der Waals surface area contributed by atoms with E-state index < -0.39 is 98.8 Å². The number of cyclic esters (lactones) is 1. The number of esters is 1. The number of benzene rings is 1. The molecular formula is C34H40FN5O11S. The molecule has 0 spiro atoms. The number of halogens is 1. The summed E-state index contributed by atoms with van der Waals surface area (Å²) in [5.41, 5.74) is -1.73. The highest BCUT2D eigenvalue weighted by molar-refractivity contribution is 7.91. The molecular weight excluding hydrogens is 705 g/mol. The van der Waals surface area contributed by atoms with Gasteiger partial charge in [-0.1, -0.05) is 30.4 Å². The third-order valence-electron chi connectivity index (χ3n) is 9.33. The van der Waals surface area contributed by atoms with Crippen LogP contribution in [-0.4, -0.2) is 102 Å². The van der Waals surface area contributed by atoms with Gasteiger partial charge >= 0.3 is 18.2 Å². The molecule has 2 saturated carbocycles. The van der Waals surface area contributed by atoms with Gasteiger partial charge in [0, 0.05) is 30.5 Å². The van der Waals surface area contributed by atoms with Gasteiger partial charge < -0.3 is 29.7 Å². The van der Waals surface area contributed by atoms with Crippen LogP contribution < -0.4 is 15.4 Å². The monoisotopic (exact) mass is 745 g/mol. The Labute approximate surface area is 299 Å². The Morgan fingerprint density at radius 3 is 2.54 bits per heavy atom. The smallest absolute Gasteiger partial charge is 0.410 e.